The SMILES string of the molecule is C=C(O)CCCCCCc1ccccc1. The van der Waals surface area contributed by atoms with Gasteiger partial charge in [-0.05, 0) is 24.8 Å². The molecule has 0 atom stereocenters. The first-order valence-corrected chi connectivity index (χ1v) is 5.69. The normalized spacial score (nSPS) is 10.1. The van der Waals surface area contributed by atoms with Crippen molar-refractivity contribution < 1.29 is 5.11 Å². The average molecular weight is 204 g/mol. The molecule has 0 aromatic heterocycles. The molecule has 0 saturated heterocycles. The molecule has 0 aliphatic rings. The highest BCUT2D eigenvalue weighted by Gasteiger charge is 1.94. The van der Waals surface area contributed by atoms with E-state index < -0.39 is 0 Å². The third-order valence-electron chi connectivity index (χ3n) is 2.52. The smallest absolute Gasteiger partial charge is 0.0851 e. The van der Waals surface area contributed by atoms with Crippen molar-refractivity contribution in [1.82, 2.24) is 0 Å². The summed E-state index contributed by atoms with van der Waals surface area (Å²) in [6, 6.07) is 10.6. The maximum Gasteiger partial charge on any atom is 0.0851 e. The van der Waals surface area contributed by atoms with Gasteiger partial charge in [-0.25, -0.2) is 0 Å². The Morgan fingerprint density at radius 1 is 1.00 bits per heavy atom. The minimum absolute atomic E-state index is 0.318. The number of aliphatic hydroxyl groups excluding tert-OH is 1. The van der Waals surface area contributed by atoms with Crippen LogP contribution in [0.15, 0.2) is 42.7 Å². The van der Waals surface area contributed by atoms with Gasteiger partial charge in [-0.15, -0.1) is 0 Å². The van der Waals surface area contributed by atoms with Gasteiger partial charge >= 0.3 is 0 Å². The van der Waals surface area contributed by atoms with Crippen molar-refractivity contribution in [3.05, 3.63) is 48.2 Å². The number of unbranched alkanes of at least 4 members (excludes halogenated alkanes) is 3. The summed E-state index contributed by atoms with van der Waals surface area (Å²) in [6.07, 6.45) is 6.65. The first kappa shape index (κ1) is 11.8. The van der Waals surface area contributed by atoms with Gasteiger partial charge in [0.1, 0.15) is 0 Å². The van der Waals surface area contributed by atoms with Crippen molar-refractivity contribution in [1.29, 1.82) is 0 Å². The van der Waals surface area contributed by atoms with Crippen molar-refractivity contribution in [2.45, 2.75) is 38.5 Å². The van der Waals surface area contributed by atoms with E-state index in [0.717, 1.165) is 12.8 Å². The quantitative estimate of drug-likeness (QED) is 0.520. The van der Waals surface area contributed by atoms with Gasteiger partial charge in [-0.3, -0.25) is 0 Å². The van der Waals surface area contributed by atoms with Crippen LogP contribution in [0.5, 0.6) is 0 Å². The number of rotatable bonds is 7. The molecule has 15 heavy (non-hydrogen) atoms. The second kappa shape index (κ2) is 7.10. The van der Waals surface area contributed by atoms with E-state index in [-0.39, 0.29) is 0 Å². The average Bonchev–Trinajstić information content (AvgIpc) is 2.24. The van der Waals surface area contributed by atoms with E-state index in [1.54, 1.807) is 0 Å². The fourth-order valence-corrected chi connectivity index (χ4v) is 1.66. The van der Waals surface area contributed by atoms with Crippen LogP contribution in [0, 0.1) is 0 Å². The Bertz CT molecular complexity index is 277. The maximum absolute atomic E-state index is 8.89. The topological polar surface area (TPSA) is 20.2 Å². The molecule has 0 aliphatic heterocycles. The van der Waals surface area contributed by atoms with Crippen LogP contribution in [0.1, 0.15) is 37.7 Å². The third-order valence-corrected chi connectivity index (χ3v) is 2.52. The van der Waals surface area contributed by atoms with Crippen LogP contribution < -0.4 is 0 Å². The van der Waals surface area contributed by atoms with Crippen molar-refractivity contribution in [2.24, 2.45) is 0 Å². The Morgan fingerprint density at radius 3 is 2.33 bits per heavy atom. The summed E-state index contributed by atoms with van der Waals surface area (Å²) in [6.45, 7) is 3.48. The van der Waals surface area contributed by atoms with Gasteiger partial charge in [-0.2, -0.15) is 0 Å². The Labute approximate surface area is 92.5 Å². The van der Waals surface area contributed by atoms with E-state index in [0.29, 0.717) is 5.76 Å². The summed E-state index contributed by atoms with van der Waals surface area (Å²) in [5.41, 5.74) is 1.42. The molecule has 1 N–H and O–H groups in total. The molecule has 1 rings (SSSR count). The highest BCUT2D eigenvalue weighted by molar-refractivity contribution is 5.14. The summed E-state index contributed by atoms with van der Waals surface area (Å²) >= 11 is 0. The second-order valence-corrected chi connectivity index (χ2v) is 3.97. The molecule has 82 valence electrons. The van der Waals surface area contributed by atoms with Gasteiger partial charge < -0.3 is 5.11 Å². The Balaban J connectivity index is 2.00. The van der Waals surface area contributed by atoms with Crippen LogP contribution in [0.4, 0.5) is 0 Å². The molecule has 0 radical (unpaired) electrons. The second-order valence-electron chi connectivity index (χ2n) is 3.97. The van der Waals surface area contributed by atoms with Crippen LogP contribution in [-0.4, -0.2) is 5.11 Å². The number of benzene rings is 1. The van der Waals surface area contributed by atoms with E-state index in [4.69, 9.17) is 5.11 Å². The zero-order chi connectivity index (χ0) is 10.9. The number of allylic oxidation sites excluding steroid dienone is 1. The number of aliphatic hydroxyl groups is 1. The van der Waals surface area contributed by atoms with Gasteiger partial charge in [0, 0.05) is 6.42 Å². The van der Waals surface area contributed by atoms with E-state index in [1.807, 2.05) is 0 Å². The molecule has 0 aliphatic carbocycles. The lowest BCUT2D eigenvalue weighted by atomic mass is 10.1. The van der Waals surface area contributed by atoms with Crippen LogP contribution in [0.25, 0.3) is 0 Å². The first-order chi connectivity index (χ1) is 7.29. The van der Waals surface area contributed by atoms with Crippen molar-refractivity contribution in [3.63, 3.8) is 0 Å². The molecular formula is C14H20O. The summed E-state index contributed by atoms with van der Waals surface area (Å²) in [5.74, 6) is 0.318. The summed E-state index contributed by atoms with van der Waals surface area (Å²) in [5, 5.41) is 8.89. The molecule has 0 unspecified atom stereocenters. The van der Waals surface area contributed by atoms with Crippen LogP contribution >= 0.6 is 0 Å². The van der Waals surface area contributed by atoms with E-state index >= 15 is 0 Å². The van der Waals surface area contributed by atoms with Crippen molar-refractivity contribution >= 4 is 0 Å². The lowest BCUT2D eigenvalue weighted by molar-refractivity contribution is 0.383. The standard InChI is InChI=1S/C14H20O/c1-13(15)9-5-2-3-6-10-14-11-7-4-8-12-14/h4,7-8,11-12,15H,1-3,5-6,9-10H2. The number of hydrogen-bond donors (Lipinski definition) is 1. The highest BCUT2D eigenvalue weighted by atomic mass is 16.3. The zero-order valence-corrected chi connectivity index (χ0v) is 9.28. The summed E-state index contributed by atoms with van der Waals surface area (Å²) in [4.78, 5) is 0. The lowest BCUT2D eigenvalue weighted by Crippen LogP contribution is -1.86. The van der Waals surface area contributed by atoms with Gasteiger partial charge in [0.05, 0.1) is 5.76 Å². The van der Waals surface area contributed by atoms with Crippen molar-refractivity contribution in [2.75, 3.05) is 0 Å². The fourth-order valence-electron chi connectivity index (χ4n) is 1.66. The summed E-state index contributed by atoms with van der Waals surface area (Å²) < 4.78 is 0. The molecule has 1 aromatic carbocycles. The Kier molecular flexibility index (Phi) is 5.60. The Hall–Kier alpha value is -1.24. The maximum atomic E-state index is 8.89. The Morgan fingerprint density at radius 2 is 1.67 bits per heavy atom. The monoisotopic (exact) mass is 204 g/mol. The zero-order valence-electron chi connectivity index (χ0n) is 9.28. The minimum atomic E-state index is 0.318. The molecule has 0 amide bonds. The first-order valence-electron chi connectivity index (χ1n) is 5.69. The number of hydrogen-bond acceptors (Lipinski definition) is 1. The molecule has 0 fully saturated rings. The molecule has 0 bridgehead atoms. The van der Waals surface area contributed by atoms with E-state index in [2.05, 4.69) is 36.9 Å². The molecular weight excluding hydrogens is 184 g/mol. The number of aryl methyl sites for hydroxylation is 1. The summed E-state index contributed by atoms with van der Waals surface area (Å²) in [7, 11) is 0. The fraction of sp³-hybridized carbons (Fsp3) is 0.429. The lowest BCUT2D eigenvalue weighted by Gasteiger charge is -2.01. The van der Waals surface area contributed by atoms with Gasteiger partial charge in [0.2, 0.25) is 0 Å². The van der Waals surface area contributed by atoms with Gasteiger partial charge in [-0.1, -0.05) is 49.8 Å². The largest absolute Gasteiger partial charge is 0.513 e. The van der Waals surface area contributed by atoms with E-state index in [9.17, 15) is 0 Å². The minimum Gasteiger partial charge on any atom is -0.513 e. The van der Waals surface area contributed by atoms with Gasteiger partial charge in [0.25, 0.3) is 0 Å². The van der Waals surface area contributed by atoms with Gasteiger partial charge in [0.15, 0.2) is 0 Å². The third kappa shape index (κ3) is 5.95. The highest BCUT2D eigenvalue weighted by Crippen LogP contribution is 2.10. The van der Waals surface area contributed by atoms with Crippen molar-refractivity contribution in [3.8, 4) is 0 Å². The molecule has 0 heterocycles. The predicted octanol–water partition coefficient (Wildman–Crippen LogP) is 4.25. The van der Waals surface area contributed by atoms with E-state index in [1.165, 1.54) is 31.2 Å². The predicted molar refractivity (Wildman–Crippen MR) is 65.0 cm³/mol. The van der Waals surface area contributed by atoms with Crippen LogP contribution in [-0.2, 0) is 6.42 Å². The van der Waals surface area contributed by atoms with Crippen LogP contribution in [0.3, 0.4) is 0 Å². The molecule has 1 aromatic rings. The molecule has 0 saturated carbocycles. The van der Waals surface area contributed by atoms with Crippen LogP contribution in [0.2, 0.25) is 0 Å². The molecule has 1 nitrogen and oxygen atoms in total. The molecule has 1 heteroatoms. The molecule has 0 spiro atoms.